The number of likely N-dealkylation sites (tertiary alicyclic amines) is 1. The van der Waals surface area contributed by atoms with E-state index in [1.807, 2.05) is 0 Å². The van der Waals surface area contributed by atoms with Crippen molar-refractivity contribution in [1.29, 1.82) is 0 Å². The number of carboxylic acids is 2. The van der Waals surface area contributed by atoms with Crippen molar-refractivity contribution in [3.05, 3.63) is 0 Å². The molecule has 19 nitrogen and oxygen atoms in total. The Bertz CT molecular complexity index is 1130. The number of aliphatic hydroxyl groups is 1. The minimum Gasteiger partial charge on any atom is -0.481 e. The Morgan fingerprint density at radius 1 is 0.826 bits per heavy atom. The average Bonchev–Trinajstić information content (AvgIpc) is 3.48. The molecule has 0 aromatic heterocycles. The van der Waals surface area contributed by atoms with Gasteiger partial charge in [0.05, 0.1) is 19.1 Å². The molecule has 1 fully saturated rings. The quantitative estimate of drug-likeness (QED) is 0.0586. The lowest BCUT2D eigenvalue weighted by atomic mass is 10.1. The average molecular weight is 659 g/mol. The molecule has 0 unspecified atom stereocenters. The molecule has 1 aliphatic heterocycles. The summed E-state index contributed by atoms with van der Waals surface area (Å²) in [6.45, 7) is 3.74. The summed E-state index contributed by atoms with van der Waals surface area (Å²) >= 11 is 0. The molecule has 0 saturated carbocycles. The highest BCUT2D eigenvalue weighted by Gasteiger charge is 2.36. The molecule has 0 aromatic carbocycles. The van der Waals surface area contributed by atoms with E-state index in [4.69, 9.17) is 11.5 Å². The number of carbonyl (C=O) groups is 8. The number of amides is 6. The predicted molar refractivity (Wildman–Crippen MR) is 159 cm³/mol. The molecule has 0 spiro atoms. The van der Waals surface area contributed by atoms with Crippen LogP contribution in [0.15, 0.2) is 0 Å². The Kier molecular flexibility index (Phi) is 16.6. The van der Waals surface area contributed by atoms with Crippen LogP contribution in [0.1, 0.15) is 59.3 Å². The maximum absolute atomic E-state index is 13.1. The van der Waals surface area contributed by atoms with Gasteiger partial charge in [0, 0.05) is 6.54 Å². The fourth-order valence-corrected chi connectivity index (χ4v) is 4.49. The SMILES string of the molecule is C[C@H](NC(=O)[C@@H](N)[C@@H](C)O)C(=O)N[C@@H](CCCCN)C(=O)N[C@@H](CC(=O)O)C(=O)NCC(=O)N[C@@H](C)C(=O)N1CCC[C@H]1C(=O)O. The number of carbonyl (C=O) groups excluding carboxylic acids is 6. The predicted octanol–water partition coefficient (Wildman–Crippen LogP) is -4.53. The zero-order valence-electron chi connectivity index (χ0n) is 26.1. The number of aliphatic hydroxyl groups excluding tert-OH is 1. The van der Waals surface area contributed by atoms with E-state index in [0.29, 0.717) is 19.3 Å². The first-order valence-corrected chi connectivity index (χ1v) is 14.9. The van der Waals surface area contributed by atoms with Gasteiger partial charge in [-0.25, -0.2) is 4.79 Å². The number of hydrogen-bond acceptors (Lipinski definition) is 11. The van der Waals surface area contributed by atoms with Gasteiger partial charge in [-0.2, -0.15) is 0 Å². The lowest BCUT2D eigenvalue weighted by molar-refractivity contribution is -0.149. The molecule has 7 atom stereocenters. The monoisotopic (exact) mass is 658 g/mol. The van der Waals surface area contributed by atoms with E-state index in [2.05, 4.69) is 26.6 Å². The highest BCUT2D eigenvalue weighted by Crippen LogP contribution is 2.18. The summed E-state index contributed by atoms with van der Waals surface area (Å²) in [5.74, 6) is -7.67. The second kappa shape index (κ2) is 19.2. The van der Waals surface area contributed by atoms with Gasteiger partial charge >= 0.3 is 11.9 Å². The second-order valence-corrected chi connectivity index (χ2v) is 11.0. The minimum atomic E-state index is -1.67. The molecular formula is C27H46N8O11. The van der Waals surface area contributed by atoms with Crippen molar-refractivity contribution in [2.24, 2.45) is 11.5 Å². The number of rotatable bonds is 19. The molecule has 1 aliphatic rings. The van der Waals surface area contributed by atoms with E-state index in [1.165, 1.54) is 20.8 Å². The Morgan fingerprint density at radius 3 is 2.02 bits per heavy atom. The van der Waals surface area contributed by atoms with E-state index in [9.17, 15) is 53.7 Å². The van der Waals surface area contributed by atoms with Gasteiger partial charge < -0.3 is 58.3 Å². The highest BCUT2D eigenvalue weighted by atomic mass is 16.4. The van der Waals surface area contributed by atoms with Crippen LogP contribution >= 0.6 is 0 Å². The van der Waals surface area contributed by atoms with E-state index >= 15 is 0 Å². The third kappa shape index (κ3) is 12.9. The van der Waals surface area contributed by atoms with E-state index in [-0.39, 0.29) is 25.9 Å². The van der Waals surface area contributed by atoms with Crippen LogP contribution in [0.4, 0.5) is 0 Å². The van der Waals surface area contributed by atoms with Crippen LogP contribution in [0, 0.1) is 0 Å². The van der Waals surface area contributed by atoms with Gasteiger partial charge in [0.15, 0.2) is 0 Å². The molecule has 1 saturated heterocycles. The van der Waals surface area contributed by atoms with Crippen LogP contribution in [0.3, 0.4) is 0 Å². The smallest absolute Gasteiger partial charge is 0.326 e. The third-order valence-corrected chi connectivity index (χ3v) is 7.16. The Morgan fingerprint density at radius 2 is 1.46 bits per heavy atom. The Labute approximate surface area is 265 Å². The van der Waals surface area contributed by atoms with E-state index < -0.39 is 103 Å². The van der Waals surface area contributed by atoms with Gasteiger partial charge in [0.25, 0.3) is 0 Å². The molecule has 46 heavy (non-hydrogen) atoms. The minimum absolute atomic E-state index is 0.0398. The van der Waals surface area contributed by atoms with Crippen LogP contribution < -0.4 is 38.1 Å². The molecule has 0 aromatic rings. The number of nitrogens with two attached hydrogens (primary N) is 2. The molecule has 260 valence electrons. The Balaban J connectivity index is 2.87. The molecule has 6 amide bonds. The zero-order chi connectivity index (χ0) is 35.1. The number of aliphatic carboxylic acids is 2. The van der Waals surface area contributed by atoms with Crippen LogP contribution in [0.5, 0.6) is 0 Å². The number of carboxylic acid groups (broad SMARTS) is 2. The van der Waals surface area contributed by atoms with Crippen molar-refractivity contribution in [2.45, 2.75) is 102 Å². The van der Waals surface area contributed by atoms with Crippen LogP contribution in [-0.4, -0.2) is 130 Å². The van der Waals surface area contributed by atoms with Crippen molar-refractivity contribution in [3.63, 3.8) is 0 Å². The highest BCUT2D eigenvalue weighted by molar-refractivity contribution is 5.97. The fraction of sp³-hybridized carbons (Fsp3) is 0.704. The number of unbranched alkanes of at least 4 members (excludes halogenated alkanes) is 1. The summed E-state index contributed by atoms with van der Waals surface area (Å²) in [6, 6.07) is -7.57. The molecule has 1 rings (SSSR count). The first-order valence-electron chi connectivity index (χ1n) is 14.9. The summed E-state index contributed by atoms with van der Waals surface area (Å²) in [5.41, 5.74) is 11.1. The lowest BCUT2D eigenvalue weighted by Crippen LogP contribution is -2.58. The summed E-state index contributed by atoms with van der Waals surface area (Å²) in [6.07, 6.45) is -0.438. The fourth-order valence-electron chi connectivity index (χ4n) is 4.49. The number of nitrogens with zero attached hydrogens (tertiary/aromatic N) is 1. The first-order chi connectivity index (χ1) is 21.5. The number of hydrogen-bond donors (Lipinski definition) is 10. The molecule has 12 N–H and O–H groups in total. The van der Waals surface area contributed by atoms with Gasteiger partial charge in [-0.1, -0.05) is 0 Å². The molecule has 19 heteroatoms. The van der Waals surface area contributed by atoms with Gasteiger partial charge in [-0.3, -0.25) is 33.6 Å². The molecule has 0 aliphatic carbocycles. The Hall–Kier alpha value is -4.36. The molecular weight excluding hydrogens is 612 g/mol. The maximum atomic E-state index is 13.1. The van der Waals surface area contributed by atoms with Crippen LogP contribution in [0.25, 0.3) is 0 Å². The third-order valence-electron chi connectivity index (χ3n) is 7.16. The van der Waals surface area contributed by atoms with E-state index in [0.717, 1.165) is 4.90 Å². The van der Waals surface area contributed by atoms with Crippen molar-refractivity contribution in [2.75, 3.05) is 19.6 Å². The topological polar surface area (TPSA) is 313 Å². The van der Waals surface area contributed by atoms with Crippen molar-refractivity contribution in [3.8, 4) is 0 Å². The summed E-state index contributed by atoms with van der Waals surface area (Å²) < 4.78 is 0. The standard InChI is InChI=1S/C27H46N8O11/c1-13(32-25(43)21(29)15(3)36)22(40)33-16(7-4-5-9-28)24(42)34-17(11-20(38)39)23(41)30-12-19(37)31-14(2)26(44)35-10-6-8-18(35)27(45)46/h13-18,21,36H,4-12,28-29H2,1-3H3,(H,30,41)(H,31,37)(H,32,43)(H,33,40)(H,34,42)(H,38,39)(H,45,46)/t13-,14-,15+,16-,17-,18-,21-/m0/s1. The largest absolute Gasteiger partial charge is 0.481 e. The normalized spacial score (nSPS) is 18.1. The summed E-state index contributed by atoms with van der Waals surface area (Å²) in [5, 5.41) is 39.6. The van der Waals surface area contributed by atoms with Crippen LogP contribution in [0.2, 0.25) is 0 Å². The van der Waals surface area contributed by atoms with Crippen molar-refractivity contribution < 1.29 is 53.7 Å². The van der Waals surface area contributed by atoms with Crippen molar-refractivity contribution in [1.82, 2.24) is 31.5 Å². The first kappa shape index (κ1) is 39.7. The van der Waals surface area contributed by atoms with Gasteiger partial charge in [-0.15, -0.1) is 0 Å². The maximum Gasteiger partial charge on any atom is 0.326 e. The van der Waals surface area contributed by atoms with Gasteiger partial charge in [0.1, 0.15) is 36.3 Å². The van der Waals surface area contributed by atoms with E-state index in [1.54, 1.807) is 0 Å². The van der Waals surface area contributed by atoms with Gasteiger partial charge in [0.2, 0.25) is 35.4 Å². The summed E-state index contributed by atoms with van der Waals surface area (Å²) in [4.78, 5) is 99.9. The number of nitrogens with one attached hydrogen (secondary N) is 5. The molecule has 0 radical (unpaired) electrons. The second-order valence-electron chi connectivity index (χ2n) is 11.0. The summed E-state index contributed by atoms with van der Waals surface area (Å²) in [7, 11) is 0. The lowest BCUT2D eigenvalue weighted by Gasteiger charge is -2.25. The van der Waals surface area contributed by atoms with Crippen LogP contribution in [-0.2, 0) is 38.4 Å². The zero-order valence-corrected chi connectivity index (χ0v) is 26.1. The molecule has 0 bridgehead atoms. The van der Waals surface area contributed by atoms with Gasteiger partial charge in [-0.05, 0) is 59.4 Å². The molecule has 1 heterocycles. The van der Waals surface area contributed by atoms with Crippen molar-refractivity contribution >= 4 is 47.4 Å².